The van der Waals surface area contributed by atoms with Crippen molar-refractivity contribution in [3.05, 3.63) is 18.2 Å². The van der Waals surface area contributed by atoms with E-state index in [4.69, 9.17) is 10.8 Å². The van der Waals surface area contributed by atoms with Gasteiger partial charge in [-0.15, -0.1) is 0 Å². The summed E-state index contributed by atoms with van der Waals surface area (Å²) < 4.78 is 1.65. The maximum atomic E-state index is 11.2. The minimum atomic E-state index is -1.07. The second-order valence-corrected chi connectivity index (χ2v) is 4.52. The predicted octanol–water partition coefficient (Wildman–Crippen LogP) is 0.577. The summed E-state index contributed by atoms with van der Waals surface area (Å²) in [6.45, 7) is 0. The third kappa shape index (κ3) is 1.55. The highest BCUT2D eigenvalue weighted by atomic mass is 16.4. The highest BCUT2D eigenvalue weighted by Gasteiger charge is 2.30. The van der Waals surface area contributed by atoms with Crippen LogP contribution < -0.4 is 5.73 Å². The fraction of sp³-hybridized carbons (Fsp3) is 0.455. The van der Waals surface area contributed by atoms with Gasteiger partial charge in [0.25, 0.3) is 0 Å². The second-order valence-electron chi connectivity index (χ2n) is 4.52. The number of nitrogens with zero attached hydrogens (tertiary/aromatic N) is 4. The molecule has 2 aromatic rings. The van der Waals surface area contributed by atoms with Crippen molar-refractivity contribution in [2.24, 2.45) is 5.73 Å². The SMILES string of the molecule is NC1CCCC1n1nc(C(=O)O)c2cncnc21. The summed E-state index contributed by atoms with van der Waals surface area (Å²) in [6, 6.07) is 0.0280. The zero-order valence-corrected chi connectivity index (χ0v) is 9.65. The molecule has 7 nitrogen and oxygen atoms in total. The molecular formula is C11H13N5O2. The first-order valence-corrected chi connectivity index (χ1v) is 5.85. The minimum Gasteiger partial charge on any atom is -0.476 e. The van der Waals surface area contributed by atoms with Gasteiger partial charge in [0.2, 0.25) is 0 Å². The van der Waals surface area contributed by atoms with Crippen LogP contribution in [-0.4, -0.2) is 36.9 Å². The summed E-state index contributed by atoms with van der Waals surface area (Å²) in [5.41, 5.74) is 6.57. The van der Waals surface area contributed by atoms with E-state index < -0.39 is 5.97 Å². The molecule has 1 saturated carbocycles. The largest absolute Gasteiger partial charge is 0.476 e. The van der Waals surface area contributed by atoms with Crippen LogP contribution in [0.15, 0.2) is 12.5 Å². The molecule has 2 unspecified atom stereocenters. The van der Waals surface area contributed by atoms with Crippen LogP contribution in [0.4, 0.5) is 0 Å². The summed E-state index contributed by atoms with van der Waals surface area (Å²) in [7, 11) is 0. The Hall–Kier alpha value is -2.02. The van der Waals surface area contributed by atoms with Crippen LogP contribution >= 0.6 is 0 Å². The molecule has 0 aliphatic heterocycles. The Bertz CT molecular complexity index is 608. The van der Waals surface area contributed by atoms with Crippen molar-refractivity contribution in [2.45, 2.75) is 31.3 Å². The predicted molar refractivity (Wildman–Crippen MR) is 63.1 cm³/mol. The number of carboxylic acids is 1. The molecule has 0 amide bonds. The van der Waals surface area contributed by atoms with Crippen LogP contribution in [0.25, 0.3) is 11.0 Å². The minimum absolute atomic E-state index is 0.00436. The summed E-state index contributed by atoms with van der Waals surface area (Å²) in [4.78, 5) is 19.2. The smallest absolute Gasteiger partial charge is 0.357 e. The zero-order chi connectivity index (χ0) is 12.7. The zero-order valence-electron chi connectivity index (χ0n) is 9.65. The number of hydrogen-bond acceptors (Lipinski definition) is 5. The van der Waals surface area contributed by atoms with Gasteiger partial charge in [-0.2, -0.15) is 5.10 Å². The van der Waals surface area contributed by atoms with Gasteiger partial charge >= 0.3 is 5.97 Å². The lowest BCUT2D eigenvalue weighted by atomic mass is 10.2. The fourth-order valence-electron chi connectivity index (χ4n) is 2.54. The van der Waals surface area contributed by atoms with Crippen molar-refractivity contribution in [2.75, 3.05) is 0 Å². The number of rotatable bonds is 2. The number of aromatic carboxylic acids is 1. The van der Waals surface area contributed by atoms with E-state index in [9.17, 15) is 4.79 Å². The maximum absolute atomic E-state index is 11.2. The Morgan fingerprint density at radius 3 is 3.00 bits per heavy atom. The van der Waals surface area contributed by atoms with E-state index in [1.54, 1.807) is 4.68 Å². The quantitative estimate of drug-likeness (QED) is 0.803. The van der Waals surface area contributed by atoms with Gasteiger partial charge in [-0.25, -0.2) is 19.4 Å². The molecular weight excluding hydrogens is 234 g/mol. The van der Waals surface area contributed by atoms with Gasteiger partial charge in [-0.05, 0) is 19.3 Å². The number of hydrogen-bond donors (Lipinski definition) is 2. The molecule has 18 heavy (non-hydrogen) atoms. The average Bonchev–Trinajstić information content (AvgIpc) is 2.92. The first-order chi connectivity index (χ1) is 8.68. The molecule has 2 heterocycles. The normalized spacial score (nSPS) is 23.6. The lowest BCUT2D eigenvalue weighted by Gasteiger charge is -2.16. The third-order valence-electron chi connectivity index (χ3n) is 3.42. The van der Waals surface area contributed by atoms with E-state index >= 15 is 0 Å². The van der Waals surface area contributed by atoms with Crippen LogP contribution in [0.3, 0.4) is 0 Å². The van der Waals surface area contributed by atoms with Gasteiger partial charge in [0.15, 0.2) is 11.3 Å². The number of aromatic nitrogens is 4. The Balaban J connectivity index is 2.20. The Kier molecular flexibility index (Phi) is 2.48. The van der Waals surface area contributed by atoms with E-state index in [1.165, 1.54) is 12.5 Å². The molecule has 0 bridgehead atoms. The lowest BCUT2D eigenvalue weighted by molar-refractivity contribution is 0.0691. The standard InChI is InChI=1S/C11H13N5O2/c12-7-2-1-3-8(7)16-10-6(4-13-5-14-10)9(15-16)11(17)18/h4-5,7-8H,1-3,12H2,(H,17,18). The first kappa shape index (κ1) is 11.1. The molecule has 1 aliphatic carbocycles. The molecule has 2 aromatic heterocycles. The van der Waals surface area contributed by atoms with Crippen LogP contribution in [0.2, 0.25) is 0 Å². The van der Waals surface area contributed by atoms with Crippen LogP contribution in [-0.2, 0) is 0 Å². The van der Waals surface area contributed by atoms with Crippen molar-refractivity contribution in [1.82, 2.24) is 19.7 Å². The monoisotopic (exact) mass is 247 g/mol. The highest BCUT2D eigenvalue weighted by molar-refractivity contribution is 5.99. The van der Waals surface area contributed by atoms with E-state index in [0.29, 0.717) is 11.0 Å². The van der Waals surface area contributed by atoms with Gasteiger partial charge in [-0.3, -0.25) is 0 Å². The Morgan fingerprint density at radius 1 is 1.50 bits per heavy atom. The Morgan fingerprint density at radius 2 is 2.33 bits per heavy atom. The summed E-state index contributed by atoms with van der Waals surface area (Å²) in [5.74, 6) is -1.07. The first-order valence-electron chi connectivity index (χ1n) is 5.85. The highest BCUT2D eigenvalue weighted by Crippen LogP contribution is 2.31. The molecule has 1 aliphatic rings. The van der Waals surface area contributed by atoms with Crippen molar-refractivity contribution >= 4 is 17.0 Å². The third-order valence-corrected chi connectivity index (χ3v) is 3.42. The second kappa shape index (κ2) is 4.02. The van der Waals surface area contributed by atoms with Crippen LogP contribution in [0.5, 0.6) is 0 Å². The molecule has 0 aromatic carbocycles. The summed E-state index contributed by atoms with van der Waals surface area (Å²) in [6.07, 6.45) is 5.74. The van der Waals surface area contributed by atoms with Gasteiger partial charge in [-0.1, -0.05) is 0 Å². The van der Waals surface area contributed by atoms with Gasteiger partial charge in [0.1, 0.15) is 6.33 Å². The fourth-order valence-corrected chi connectivity index (χ4v) is 2.54. The molecule has 94 valence electrons. The van der Waals surface area contributed by atoms with Crippen molar-refractivity contribution in [3.63, 3.8) is 0 Å². The average molecular weight is 247 g/mol. The molecule has 3 N–H and O–H groups in total. The molecule has 7 heteroatoms. The number of fused-ring (bicyclic) bond motifs is 1. The van der Waals surface area contributed by atoms with Crippen molar-refractivity contribution < 1.29 is 9.90 Å². The topological polar surface area (TPSA) is 107 Å². The summed E-state index contributed by atoms with van der Waals surface area (Å²) >= 11 is 0. The summed E-state index contributed by atoms with van der Waals surface area (Å²) in [5, 5.41) is 13.8. The number of carbonyl (C=O) groups is 1. The van der Waals surface area contributed by atoms with E-state index in [1.807, 2.05) is 0 Å². The molecule has 0 spiro atoms. The van der Waals surface area contributed by atoms with Crippen LogP contribution in [0.1, 0.15) is 35.8 Å². The van der Waals surface area contributed by atoms with Gasteiger partial charge in [0, 0.05) is 12.2 Å². The molecule has 0 saturated heterocycles. The van der Waals surface area contributed by atoms with E-state index in [2.05, 4.69) is 15.1 Å². The van der Waals surface area contributed by atoms with Crippen LogP contribution in [0, 0.1) is 0 Å². The molecule has 3 rings (SSSR count). The lowest BCUT2D eigenvalue weighted by Crippen LogP contribution is -2.28. The van der Waals surface area contributed by atoms with Gasteiger partial charge < -0.3 is 10.8 Å². The number of carboxylic acid groups (broad SMARTS) is 1. The number of nitrogens with two attached hydrogens (primary N) is 1. The molecule has 2 atom stereocenters. The maximum Gasteiger partial charge on any atom is 0.357 e. The van der Waals surface area contributed by atoms with Crippen molar-refractivity contribution in [3.8, 4) is 0 Å². The van der Waals surface area contributed by atoms with E-state index in [-0.39, 0.29) is 17.8 Å². The molecule has 0 radical (unpaired) electrons. The van der Waals surface area contributed by atoms with Crippen molar-refractivity contribution in [1.29, 1.82) is 0 Å². The van der Waals surface area contributed by atoms with E-state index in [0.717, 1.165) is 19.3 Å². The Labute approximate surface area is 103 Å². The van der Waals surface area contributed by atoms with Gasteiger partial charge in [0.05, 0.1) is 11.4 Å². The molecule has 1 fully saturated rings.